The molecule has 0 fully saturated rings. The van der Waals surface area contributed by atoms with Crippen molar-refractivity contribution in [2.24, 2.45) is 5.10 Å². The summed E-state index contributed by atoms with van der Waals surface area (Å²) >= 11 is 3.43. The van der Waals surface area contributed by atoms with E-state index in [1.165, 1.54) is 13.3 Å². The van der Waals surface area contributed by atoms with Crippen LogP contribution < -0.4 is 29.7 Å². The van der Waals surface area contributed by atoms with Crippen LogP contribution in [0.15, 0.2) is 101 Å². The van der Waals surface area contributed by atoms with E-state index in [2.05, 4.69) is 31.8 Å². The molecule has 4 rings (SSSR count). The number of amides is 2. The van der Waals surface area contributed by atoms with Crippen LogP contribution in [0.3, 0.4) is 0 Å². The van der Waals surface area contributed by atoms with Crippen molar-refractivity contribution in [3.05, 3.63) is 112 Å². The van der Waals surface area contributed by atoms with Crippen LogP contribution in [0, 0.1) is 0 Å². The molecule has 0 aromatic heterocycles. The summed E-state index contributed by atoms with van der Waals surface area (Å²) < 4.78 is 23.4. The third-order valence-corrected chi connectivity index (χ3v) is 6.32. The van der Waals surface area contributed by atoms with Crippen LogP contribution in [0.1, 0.15) is 28.4 Å². The zero-order chi connectivity index (χ0) is 29.7. The Labute approximate surface area is 252 Å². The van der Waals surface area contributed by atoms with Crippen LogP contribution in [0.5, 0.6) is 23.0 Å². The van der Waals surface area contributed by atoms with Gasteiger partial charge in [0.25, 0.3) is 11.8 Å². The predicted molar refractivity (Wildman–Crippen MR) is 165 cm³/mol. The van der Waals surface area contributed by atoms with E-state index in [0.29, 0.717) is 53.0 Å². The maximum atomic E-state index is 12.8. The van der Waals surface area contributed by atoms with Gasteiger partial charge in [-0.25, -0.2) is 5.43 Å². The number of hydrogen-bond acceptors (Lipinski definition) is 7. The molecule has 0 spiro atoms. The molecule has 216 valence electrons. The van der Waals surface area contributed by atoms with Crippen molar-refractivity contribution in [3.8, 4) is 23.0 Å². The number of ether oxygens (including phenoxy) is 4. The third-order valence-electron chi connectivity index (χ3n) is 5.82. The molecule has 42 heavy (non-hydrogen) atoms. The highest BCUT2D eigenvalue weighted by Gasteiger charge is 2.13. The quantitative estimate of drug-likeness (QED) is 0.134. The molecule has 2 N–H and O–H groups in total. The summed E-state index contributed by atoms with van der Waals surface area (Å²) in [5.74, 6) is 1.15. The standard InChI is InChI=1S/C32H30BrN3O6/c1-3-40-30-18-23(13-15-29(30)41-20-22-9-5-4-6-10-22)32(38)36-34-19-24-17-25(33)14-16-27(24)42-21-31(37)35-26-11-7-8-12-28(26)39-2/h4-19H,3,20-21H2,1-2H3,(H,35,37)(H,36,38)/b34-19+. The molecule has 0 bridgehead atoms. The summed E-state index contributed by atoms with van der Waals surface area (Å²) in [4.78, 5) is 25.3. The van der Waals surface area contributed by atoms with E-state index in [4.69, 9.17) is 18.9 Å². The third kappa shape index (κ3) is 8.58. The predicted octanol–water partition coefficient (Wildman–Crippen LogP) is 6.22. The second kappa shape index (κ2) is 15.2. The van der Waals surface area contributed by atoms with Gasteiger partial charge >= 0.3 is 0 Å². The topological polar surface area (TPSA) is 107 Å². The van der Waals surface area contributed by atoms with Gasteiger partial charge in [0.1, 0.15) is 18.1 Å². The number of nitrogens with zero attached hydrogens (tertiary/aromatic N) is 1. The largest absolute Gasteiger partial charge is 0.495 e. The molecule has 9 nitrogen and oxygen atoms in total. The lowest BCUT2D eigenvalue weighted by molar-refractivity contribution is -0.118. The van der Waals surface area contributed by atoms with Gasteiger partial charge in [0.05, 0.1) is 25.6 Å². The number of benzene rings is 4. The number of carbonyl (C=O) groups excluding carboxylic acids is 2. The molecule has 4 aromatic carbocycles. The van der Waals surface area contributed by atoms with E-state index >= 15 is 0 Å². The van der Waals surface area contributed by atoms with Gasteiger partial charge in [0, 0.05) is 15.6 Å². The fourth-order valence-electron chi connectivity index (χ4n) is 3.83. The first-order chi connectivity index (χ1) is 20.5. The SMILES string of the molecule is CCOc1cc(C(=O)N/N=C/c2cc(Br)ccc2OCC(=O)Nc2ccccc2OC)ccc1OCc1ccccc1. The summed E-state index contributed by atoms with van der Waals surface area (Å²) in [6, 6.07) is 27.1. The highest BCUT2D eigenvalue weighted by atomic mass is 79.9. The molecule has 0 aliphatic rings. The first-order valence-electron chi connectivity index (χ1n) is 13.1. The van der Waals surface area contributed by atoms with Crippen molar-refractivity contribution in [2.45, 2.75) is 13.5 Å². The number of hydrazone groups is 1. The van der Waals surface area contributed by atoms with Crippen LogP contribution >= 0.6 is 15.9 Å². The number of carbonyl (C=O) groups is 2. The lowest BCUT2D eigenvalue weighted by Crippen LogP contribution is -2.21. The maximum Gasteiger partial charge on any atom is 0.271 e. The highest BCUT2D eigenvalue weighted by Crippen LogP contribution is 2.29. The molecule has 0 aliphatic heterocycles. The Morgan fingerprint density at radius 1 is 0.833 bits per heavy atom. The Bertz CT molecular complexity index is 1540. The van der Waals surface area contributed by atoms with Crippen LogP contribution in [-0.2, 0) is 11.4 Å². The highest BCUT2D eigenvalue weighted by molar-refractivity contribution is 9.10. The van der Waals surface area contributed by atoms with Gasteiger partial charge in [-0.3, -0.25) is 9.59 Å². The zero-order valence-corrected chi connectivity index (χ0v) is 24.7. The van der Waals surface area contributed by atoms with E-state index in [1.807, 2.05) is 43.3 Å². The first kappa shape index (κ1) is 30.1. The number of anilines is 1. The number of para-hydroxylation sites is 2. The molecule has 0 atom stereocenters. The molecule has 0 heterocycles. The monoisotopic (exact) mass is 631 g/mol. The zero-order valence-electron chi connectivity index (χ0n) is 23.1. The minimum atomic E-state index is -0.435. The van der Waals surface area contributed by atoms with Crippen LogP contribution in [-0.4, -0.2) is 38.4 Å². The van der Waals surface area contributed by atoms with Crippen LogP contribution in [0.25, 0.3) is 0 Å². The average Bonchev–Trinajstić information content (AvgIpc) is 3.01. The second-order valence-electron chi connectivity index (χ2n) is 8.79. The molecule has 0 unspecified atom stereocenters. The van der Waals surface area contributed by atoms with Gasteiger partial charge < -0.3 is 24.3 Å². The van der Waals surface area contributed by atoms with Gasteiger partial charge in [0.2, 0.25) is 0 Å². The van der Waals surface area contributed by atoms with Gasteiger partial charge in [-0.15, -0.1) is 0 Å². The van der Waals surface area contributed by atoms with Crippen molar-refractivity contribution in [1.82, 2.24) is 5.43 Å². The van der Waals surface area contributed by atoms with Gasteiger partial charge in [0.15, 0.2) is 18.1 Å². The fourth-order valence-corrected chi connectivity index (χ4v) is 4.21. The van der Waals surface area contributed by atoms with Crippen LogP contribution in [0.4, 0.5) is 5.69 Å². The summed E-state index contributed by atoms with van der Waals surface area (Å²) in [6.07, 6.45) is 1.44. The molecule has 2 amide bonds. The van der Waals surface area contributed by atoms with Crippen molar-refractivity contribution in [1.29, 1.82) is 0 Å². The van der Waals surface area contributed by atoms with Gasteiger partial charge in [-0.2, -0.15) is 5.10 Å². The van der Waals surface area contributed by atoms with Crippen molar-refractivity contribution < 1.29 is 28.5 Å². The summed E-state index contributed by atoms with van der Waals surface area (Å²) in [5.41, 5.74) is 4.98. The van der Waals surface area contributed by atoms with Crippen LogP contribution in [0.2, 0.25) is 0 Å². The fraction of sp³-hybridized carbons (Fsp3) is 0.156. The van der Waals surface area contributed by atoms with Crippen molar-refractivity contribution in [3.63, 3.8) is 0 Å². The number of nitrogens with one attached hydrogen (secondary N) is 2. The Balaban J connectivity index is 1.38. The smallest absolute Gasteiger partial charge is 0.271 e. The lowest BCUT2D eigenvalue weighted by Gasteiger charge is -2.13. The number of halogens is 1. The maximum absolute atomic E-state index is 12.8. The van der Waals surface area contributed by atoms with E-state index < -0.39 is 5.91 Å². The van der Waals surface area contributed by atoms with E-state index in [9.17, 15) is 9.59 Å². The molecule has 0 aliphatic carbocycles. The number of hydrogen-bond donors (Lipinski definition) is 2. The molecule has 10 heteroatoms. The number of methoxy groups -OCH3 is 1. The van der Waals surface area contributed by atoms with Crippen molar-refractivity contribution >= 4 is 39.6 Å². The minimum absolute atomic E-state index is 0.244. The molecule has 0 saturated heterocycles. The van der Waals surface area contributed by atoms with E-state index in [-0.39, 0.29) is 12.5 Å². The summed E-state index contributed by atoms with van der Waals surface area (Å²) in [6.45, 7) is 2.40. The van der Waals surface area contributed by atoms with Gasteiger partial charge in [-0.1, -0.05) is 58.4 Å². The van der Waals surface area contributed by atoms with Gasteiger partial charge in [-0.05, 0) is 61.0 Å². The van der Waals surface area contributed by atoms with E-state index in [1.54, 1.807) is 54.6 Å². The average molecular weight is 633 g/mol. The normalized spacial score (nSPS) is 10.6. The Morgan fingerprint density at radius 3 is 2.38 bits per heavy atom. The minimum Gasteiger partial charge on any atom is -0.495 e. The molecule has 4 aromatic rings. The lowest BCUT2D eigenvalue weighted by atomic mass is 10.2. The molecular weight excluding hydrogens is 602 g/mol. The summed E-state index contributed by atoms with van der Waals surface area (Å²) in [7, 11) is 1.53. The second-order valence-corrected chi connectivity index (χ2v) is 9.70. The molecular formula is C32H30BrN3O6. The first-order valence-corrected chi connectivity index (χ1v) is 13.9. The van der Waals surface area contributed by atoms with Crippen molar-refractivity contribution in [2.75, 3.05) is 25.6 Å². The molecule has 0 saturated carbocycles. The van der Waals surface area contributed by atoms with E-state index in [0.717, 1.165) is 10.0 Å². The Morgan fingerprint density at radius 2 is 1.60 bits per heavy atom. The Hall–Kier alpha value is -4.83. The molecule has 0 radical (unpaired) electrons. The Kier molecular flexibility index (Phi) is 10.9. The number of rotatable bonds is 13. The summed E-state index contributed by atoms with van der Waals surface area (Å²) in [5, 5.41) is 6.86.